The molecule has 1 unspecified atom stereocenters. The fraction of sp³-hybridized carbons (Fsp3) is 0.949. The Bertz CT molecular complexity index is 532. The van der Waals surface area contributed by atoms with Gasteiger partial charge in [0.05, 0.1) is 0 Å². The maximum atomic E-state index is 12.3. The summed E-state index contributed by atoms with van der Waals surface area (Å²) in [6.45, 7) is 4.56. The third-order valence-corrected chi connectivity index (χ3v) is 9.02. The van der Waals surface area contributed by atoms with E-state index < -0.39 is 0 Å². The highest BCUT2D eigenvalue weighted by Crippen LogP contribution is 2.17. The van der Waals surface area contributed by atoms with Gasteiger partial charge in [-0.3, -0.25) is 4.79 Å². The first-order valence-electron chi connectivity index (χ1n) is 19.4. The number of aldehydes is 1. The molecule has 0 spiro atoms. The molecule has 0 aromatic carbocycles. The number of carbonyl (C=O) groups is 2. The summed E-state index contributed by atoms with van der Waals surface area (Å²) >= 11 is 0. The second kappa shape index (κ2) is 36.3. The normalized spacial score (nSPS) is 12.0. The molecule has 3 heteroatoms. The van der Waals surface area contributed by atoms with Crippen molar-refractivity contribution >= 4 is 12.3 Å². The van der Waals surface area contributed by atoms with Crippen molar-refractivity contribution in [3.05, 3.63) is 0 Å². The van der Waals surface area contributed by atoms with Gasteiger partial charge in [-0.2, -0.15) is 0 Å². The lowest BCUT2D eigenvalue weighted by atomic mass is 10.0. The average molecular weight is 593 g/mol. The quantitative estimate of drug-likeness (QED) is 0.0413. The van der Waals surface area contributed by atoms with Crippen molar-refractivity contribution in [2.75, 3.05) is 0 Å². The third kappa shape index (κ3) is 33.6. The van der Waals surface area contributed by atoms with Crippen molar-refractivity contribution in [3.63, 3.8) is 0 Å². The Balaban J connectivity index is 3.42. The molecule has 0 saturated heterocycles. The van der Waals surface area contributed by atoms with Gasteiger partial charge < -0.3 is 9.53 Å². The van der Waals surface area contributed by atoms with E-state index in [1.165, 1.54) is 180 Å². The molecule has 0 aliphatic rings. The number of rotatable bonds is 36. The molecule has 0 aromatic rings. The number of carbonyl (C=O) groups excluding carboxylic acids is 2. The van der Waals surface area contributed by atoms with Gasteiger partial charge in [0.15, 0.2) is 0 Å². The molecule has 0 aliphatic carbocycles. The minimum Gasteiger partial charge on any atom is -0.462 e. The molecule has 1 atom stereocenters. The first kappa shape index (κ1) is 41.1. The largest absolute Gasteiger partial charge is 0.462 e. The summed E-state index contributed by atoms with van der Waals surface area (Å²) in [5.41, 5.74) is 0. The predicted molar refractivity (Wildman–Crippen MR) is 184 cm³/mol. The van der Waals surface area contributed by atoms with Crippen LogP contribution in [0.15, 0.2) is 0 Å². The summed E-state index contributed by atoms with van der Waals surface area (Å²) in [6, 6.07) is 0. The van der Waals surface area contributed by atoms with Crippen molar-refractivity contribution < 1.29 is 14.3 Å². The molecule has 0 rings (SSSR count). The monoisotopic (exact) mass is 593 g/mol. The van der Waals surface area contributed by atoms with E-state index in [2.05, 4.69) is 13.8 Å². The smallest absolute Gasteiger partial charge is 0.306 e. The molecule has 0 aliphatic heterocycles. The second-order valence-corrected chi connectivity index (χ2v) is 13.3. The highest BCUT2D eigenvalue weighted by Gasteiger charge is 2.13. The van der Waals surface area contributed by atoms with Crippen LogP contribution < -0.4 is 0 Å². The van der Waals surface area contributed by atoms with Gasteiger partial charge in [-0.25, -0.2) is 0 Å². The van der Waals surface area contributed by atoms with Crippen molar-refractivity contribution in [3.8, 4) is 0 Å². The summed E-state index contributed by atoms with van der Waals surface area (Å²) in [4.78, 5) is 23.3. The standard InChI is InChI=1S/C39H76O3/c1-3-5-7-9-11-13-15-16-17-18-19-20-21-22-23-24-25-27-29-31-33-35-39(41)42-38(36-37-40)34-32-30-28-26-14-12-10-8-6-4-2/h37-38H,3-36H2,1-2H3. The van der Waals surface area contributed by atoms with Gasteiger partial charge >= 0.3 is 5.97 Å². The Morgan fingerprint density at radius 2 is 0.738 bits per heavy atom. The highest BCUT2D eigenvalue weighted by molar-refractivity contribution is 5.69. The summed E-state index contributed by atoms with van der Waals surface area (Å²) in [5, 5.41) is 0. The van der Waals surface area contributed by atoms with E-state index in [1.54, 1.807) is 0 Å². The van der Waals surface area contributed by atoms with Crippen molar-refractivity contribution in [1.29, 1.82) is 0 Å². The highest BCUT2D eigenvalue weighted by atomic mass is 16.5. The molecule has 42 heavy (non-hydrogen) atoms. The summed E-state index contributed by atoms with van der Waals surface area (Å²) in [5.74, 6) is -0.105. The SMILES string of the molecule is CCCCCCCCCCCCCCCCCCCCCCCC(=O)OC(CC=O)CCCCCCCCCCCC. The molecular weight excluding hydrogens is 516 g/mol. The van der Waals surface area contributed by atoms with Gasteiger partial charge in [-0.1, -0.05) is 200 Å². The number of unbranched alkanes of at least 4 members (excludes halogenated alkanes) is 29. The first-order valence-corrected chi connectivity index (χ1v) is 19.4. The Morgan fingerprint density at radius 3 is 1.05 bits per heavy atom. The van der Waals surface area contributed by atoms with Crippen LogP contribution in [0.5, 0.6) is 0 Å². The first-order chi connectivity index (χ1) is 20.7. The van der Waals surface area contributed by atoms with Crippen LogP contribution >= 0.6 is 0 Å². The van der Waals surface area contributed by atoms with E-state index in [4.69, 9.17) is 4.74 Å². The van der Waals surface area contributed by atoms with Crippen molar-refractivity contribution in [2.45, 2.75) is 238 Å². The second-order valence-electron chi connectivity index (χ2n) is 13.3. The van der Waals surface area contributed by atoms with Gasteiger partial charge in [-0.05, 0) is 19.3 Å². The molecule has 0 amide bonds. The van der Waals surface area contributed by atoms with Gasteiger partial charge in [0.1, 0.15) is 12.4 Å². The van der Waals surface area contributed by atoms with Crippen LogP contribution in [0, 0.1) is 0 Å². The summed E-state index contributed by atoms with van der Waals surface area (Å²) in [6.07, 6.45) is 44.1. The minimum absolute atomic E-state index is 0.105. The van der Waals surface area contributed by atoms with Crippen LogP contribution in [0.4, 0.5) is 0 Å². The Hall–Kier alpha value is -0.860. The zero-order valence-corrected chi connectivity index (χ0v) is 28.9. The molecule has 0 radical (unpaired) electrons. The van der Waals surface area contributed by atoms with Crippen molar-refractivity contribution in [1.82, 2.24) is 0 Å². The molecule has 0 bridgehead atoms. The molecule has 250 valence electrons. The lowest BCUT2D eigenvalue weighted by Crippen LogP contribution is -2.18. The maximum absolute atomic E-state index is 12.3. The van der Waals surface area contributed by atoms with Crippen LogP contribution in [0.25, 0.3) is 0 Å². The molecule has 0 N–H and O–H groups in total. The van der Waals surface area contributed by atoms with Crippen LogP contribution in [-0.2, 0) is 14.3 Å². The number of ether oxygens (including phenoxy) is 1. The molecular formula is C39H76O3. The van der Waals surface area contributed by atoms with E-state index >= 15 is 0 Å². The third-order valence-electron chi connectivity index (χ3n) is 9.02. The molecule has 3 nitrogen and oxygen atoms in total. The van der Waals surface area contributed by atoms with E-state index in [1.807, 2.05) is 0 Å². The van der Waals surface area contributed by atoms with E-state index in [0.717, 1.165) is 32.0 Å². The van der Waals surface area contributed by atoms with Crippen molar-refractivity contribution in [2.24, 2.45) is 0 Å². The molecule has 0 saturated carbocycles. The van der Waals surface area contributed by atoms with E-state index in [9.17, 15) is 9.59 Å². The fourth-order valence-electron chi connectivity index (χ4n) is 6.14. The van der Waals surface area contributed by atoms with Gasteiger partial charge in [0.2, 0.25) is 0 Å². The number of hydrogen-bond donors (Lipinski definition) is 0. The lowest BCUT2D eigenvalue weighted by Gasteiger charge is -2.15. The Morgan fingerprint density at radius 1 is 0.452 bits per heavy atom. The topological polar surface area (TPSA) is 43.4 Å². The Kier molecular flexibility index (Phi) is 35.6. The number of esters is 1. The van der Waals surface area contributed by atoms with Gasteiger partial charge in [0, 0.05) is 12.8 Å². The van der Waals surface area contributed by atoms with E-state index in [0.29, 0.717) is 12.8 Å². The minimum atomic E-state index is -0.209. The van der Waals surface area contributed by atoms with E-state index in [-0.39, 0.29) is 12.1 Å². The molecule has 0 heterocycles. The molecule has 0 aromatic heterocycles. The van der Waals surface area contributed by atoms with Crippen LogP contribution in [0.2, 0.25) is 0 Å². The Labute approximate surface area is 264 Å². The zero-order chi connectivity index (χ0) is 30.6. The van der Waals surface area contributed by atoms with Crippen LogP contribution in [-0.4, -0.2) is 18.4 Å². The predicted octanol–water partition coefficient (Wildman–Crippen LogP) is 13.4. The van der Waals surface area contributed by atoms with Gasteiger partial charge in [-0.15, -0.1) is 0 Å². The van der Waals surface area contributed by atoms with Gasteiger partial charge in [0.25, 0.3) is 0 Å². The fourth-order valence-corrected chi connectivity index (χ4v) is 6.14. The number of hydrogen-bond acceptors (Lipinski definition) is 3. The summed E-state index contributed by atoms with van der Waals surface area (Å²) in [7, 11) is 0. The van der Waals surface area contributed by atoms with Crippen LogP contribution in [0.3, 0.4) is 0 Å². The zero-order valence-electron chi connectivity index (χ0n) is 28.9. The summed E-state index contributed by atoms with van der Waals surface area (Å²) < 4.78 is 5.65. The average Bonchev–Trinajstić information content (AvgIpc) is 2.99. The maximum Gasteiger partial charge on any atom is 0.306 e. The lowest BCUT2D eigenvalue weighted by molar-refractivity contribution is -0.150. The van der Waals surface area contributed by atoms with Crippen LogP contribution in [0.1, 0.15) is 232 Å². The molecule has 0 fully saturated rings.